The zero-order chi connectivity index (χ0) is 21.1. The summed E-state index contributed by atoms with van der Waals surface area (Å²) < 4.78 is 28.8. The van der Waals surface area contributed by atoms with Gasteiger partial charge in [-0.05, 0) is 53.4 Å². The highest BCUT2D eigenvalue weighted by Gasteiger charge is 2.23. The van der Waals surface area contributed by atoms with Crippen LogP contribution >= 0.6 is 0 Å². The second kappa shape index (κ2) is 8.47. The number of nitrogens with two attached hydrogens (primary N) is 1. The smallest absolute Gasteiger partial charge is 0.238 e. The Hall–Kier alpha value is -2.87. The Morgan fingerprint density at radius 1 is 1.00 bits per heavy atom. The van der Waals surface area contributed by atoms with Crippen molar-refractivity contribution in [3.8, 4) is 16.9 Å². The van der Waals surface area contributed by atoms with Gasteiger partial charge in [-0.2, -0.15) is 0 Å². The van der Waals surface area contributed by atoms with Crippen LogP contribution in [0.3, 0.4) is 0 Å². The maximum absolute atomic E-state index is 11.5. The largest absolute Gasteiger partial charge is 0.491 e. The van der Waals surface area contributed by atoms with Crippen LogP contribution in [0.2, 0.25) is 0 Å². The van der Waals surface area contributed by atoms with E-state index in [4.69, 9.17) is 9.88 Å². The molecule has 156 valence electrons. The summed E-state index contributed by atoms with van der Waals surface area (Å²) in [7, 11) is -3.71. The van der Waals surface area contributed by atoms with Crippen molar-refractivity contribution in [2.45, 2.75) is 17.4 Å². The third-order valence-electron chi connectivity index (χ3n) is 5.21. The number of sulfonamides is 1. The standard InChI is InChI=1S/C23H24N2O4S/c24-30(27,28)22-10-11-23-19(14-22)12-13-25(23)15-20(26)16-29-21-8-6-18(7-9-21)17-4-2-1-3-5-17/h1-11,14,20,26H,12-13,15-16H2,(H2,24,27,28). The number of primary sulfonamides is 1. The molecular weight excluding hydrogens is 400 g/mol. The Morgan fingerprint density at radius 2 is 1.70 bits per heavy atom. The molecular formula is C23H24N2O4S. The third kappa shape index (κ3) is 4.64. The number of anilines is 1. The fraction of sp³-hybridized carbons (Fsp3) is 0.217. The maximum Gasteiger partial charge on any atom is 0.238 e. The van der Waals surface area contributed by atoms with Gasteiger partial charge >= 0.3 is 0 Å². The molecule has 0 aromatic heterocycles. The molecule has 0 radical (unpaired) electrons. The van der Waals surface area contributed by atoms with E-state index in [0.29, 0.717) is 25.3 Å². The molecule has 3 aromatic carbocycles. The number of β-amino-alcohol motifs (C(OH)–C–C–N with tert-alkyl or cyclic N) is 1. The van der Waals surface area contributed by atoms with Gasteiger partial charge in [-0.1, -0.05) is 42.5 Å². The molecule has 0 amide bonds. The van der Waals surface area contributed by atoms with Crippen molar-refractivity contribution in [3.05, 3.63) is 78.4 Å². The van der Waals surface area contributed by atoms with Crippen LogP contribution in [0.4, 0.5) is 5.69 Å². The van der Waals surface area contributed by atoms with Gasteiger partial charge in [0.05, 0.1) is 4.90 Å². The number of aliphatic hydroxyl groups excluding tert-OH is 1. The first-order valence-corrected chi connectivity index (χ1v) is 11.3. The monoisotopic (exact) mass is 424 g/mol. The lowest BCUT2D eigenvalue weighted by molar-refractivity contribution is 0.112. The molecule has 0 saturated heterocycles. The van der Waals surface area contributed by atoms with E-state index >= 15 is 0 Å². The summed E-state index contributed by atoms with van der Waals surface area (Å²) in [5.74, 6) is 0.702. The number of aliphatic hydroxyl groups is 1. The Morgan fingerprint density at radius 3 is 2.40 bits per heavy atom. The van der Waals surface area contributed by atoms with Gasteiger partial charge in [-0.15, -0.1) is 0 Å². The Labute approximate surface area is 176 Å². The van der Waals surface area contributed by atoms with Crippen LogP contribution in [0, 0.1) is 0 Å². The minimum absolute atomic E-state index is 0.117. The number of rotatable bonds is 7. The summed E-state index contributed by atoms with van der Waals surface area (Å²) in [4.78, 5) is 2.15. The molecule has 0 aliphatic carbocycles. The first kappa shape index (κ1) is 20.4. The normalized spacial score (nSPS) is 14.4. The summed E-state index contributed by atoms with van der Waals surface area (Å²) in [6, 6.07) is 22.8. The lowest BCUT2D eigenvalue weighted by Gasteiger charge is -2.23. The van der Waals surface area contributed by atoms with Gasteiger partial charge in [-0.3, -0.25) is 0 Å². The first-order valence-electron chi connectivity index (χ1n) is 9.77. The summed E-state index contributed by atoms with van der Waals surface area (Å²) >= 11 is 0. The van der Waals surface area contributed by atoms with Gasteiger partial charge in [0.1, 0.15) is 18.5 Å². The second-order valence-electron chi connectivity index (χ2n) is 7.39. The molecule has 6 nitrogen and oxygen atoms in total. The van der Waals surface area contributed by atoms with Crippen molar-refractivity contribution in [1.29, 1.82) is 0 Å². The minimum atomic E-state index is -3.71. The molecule has 1 unspecified atom stereocenters. The van der Waals surface area contributed by atoms with Crippen LogP contribution in [-0.4, -0.2) is 39.3 Å². The van der Waals surface area contributed by atoms with Gasteiger partial charge in [0.25, 0.3) is 0 Å². The fourth-order valence-corrected chi connectivity index (χ4v) is 4.25. The van der Waals surface area contributed by atoms with E-state index in [1.54, 1.807) is 12.1 Å². The topological polar surface area (TPSA) is 92.9 Å². The summed E-state index contributed by atoms with van der Waals surface area (Å²) in [6.07, 6.45) is 0.0374. The van der Waals surface area contributed by atoms with Crippen LogP contribution in [0.15, 0.2) is 77.7 Å². The van der Waals surface area contributed by atoms with E-state index in [0.717, 1.165) is 22.4 Å². The second-order valence-corrected chi connectivity index (χ2v) is 8.95. The Kier molecular flexibility index (Phi) is 5.76. The highest BCUT2D eigenvalue weighted by molar-refractivity contribution is 7.89. The molecule has 0 bridgehead atoms. The van der Waals surface area contributed by atoms with Crippen LogP contribution in [0.1, 0.15) is 5.56 Å². The van der Waals surface area contributed by atoms with E-state index in [9.17, 15) is 13.5 Å². The van der Waals surface area contributed by atoms with Crippen molar-refractivity contribution in [2.75, 3.05) is 24.6 Å². The average Bonchev–Trinajstić information content (AvgIpc) is 3.15. The fourth-order valence-electron chi connectivity index (χ4n) is 3.69. The predicted octanol–water partition coefficient (Wildman–Crippen LogP) is 2.80. The van der Waals surface area contributed by atoms with Crippen molar-refractivity contribution < 1.29 is 18.3 Å². The van der Waals surface area contributed by atoms with Crippen LogP contribution in [0.5, 0.6) is 5.75 Å². The molecule has 3 aromatic rings. The highest BCUT2D eigenvalue weighted by Crippen LogP contribution is 2.30. The van der Waals surface area contributed by atoms with Crippen molar-refractivity contribution in [3.63, 3.8) is 0 Å². The van der Waals surface area contributed by atoms with Crippen LogP contribution < -0.4 is 14.8 Å². The van der Waals surface area contributed by atoms with Crippen LogP contribution in [-0.2, 0) is 16.4 Å². The summed E-state index contributed by atoms with van der Waals surface area (Å²) in [5, 5.41) is 15.6. The van der Waals surface area contributed by atoms with E-state index in [1.165, 1.54) is 6.07 Å². The number of fused-ring (bicyclic) bond motifs is 1. The molecule has 4 rings (SSSR count). The number of benzene rings is 3. The zero-order valence-electron chi connectivity index (χ0n) is 16.4. The van der Waals surface area contributed by atoms with Crippen molar-refractivity contribution in [1.82, 2.24) is 0 Å². The van der Waals surface area contributed by atoms with Crippen molar-refractivity contribution in [2.24, 2.45) is 5.14 Å². The van der Waals surface area contributed by atoms with E-state index in [-0.39, 0.29) is 11.5 Å². The van der Waals surface area contributed by atoms with Gasteiger partial charge in [-0.25, -0.2) is 13.6 Å². The molecule has 0 fully saturated rings. The van der Waals surface area contributed by atoms with Gasteiger partial charge in [0.2, 0.25) is 10.0 Å². The summed E-state index contributed by atoms with van der Waals surface area (Å²) in [5.41, 5.74) is 4.10. The van der Waals surface area contributed by atoms with E-state index in [1.807, 2.05) is 47.4 Å². The van der Waals surface area contributed by atoms with Gasteiger partial charge < -0.3 is 14.7 Å². The predicted molar refractivity (Wildman–Crippen MR) is 117 cm³/mol. The number of hydrogen-bond donors (Lipinski definition) is 2. The highest BCUT2D eigenvalue weighted by atomic mass is 32.2. The third-order valence-corrected chi connectivity index (χ3v) is 6.12. The van der Waals surface area contributed by atoms with E-state index in [2.05, 4.69) is 12.1 Å². The van der Waals surface area contributed by atoms with Gasteiger partial charge in [0.15, 0.2) is 0 Å². The molecule has 1 aliphatic rings. The first-order chi connectivity index (χ1) is 14.4. The molecule has 1 heterocycles. The zero-order valence-corrected chi connectivity index (χ0v) is 17.3. The SMILES string of the molecule is NS(=O)(=O)c1ccc2c(c1)CCN2CC(O)COc1ccc(-c2ccccc2)cc1. The molecule has 7 heteroatoms. The number of ether oxygens (including phenoxy) is 1. The van der Waals surface area contributed by atoms with Crippen LogP contribution in [0.25, 0.3) is 11.1 Å². The number of hydrogen-bond acceptors (Lipinski definition) is 5. The molecule has 3 N–H and O–H groups in total. The maximum atomic E-state index is 11.5. The lowest BCUT2D eigenvalue weighted by Crippen LogP contribution is -2.34. The molecule has 0 saturated carbocycles. The Balaban J connectivity index is 1.33. The lowest BCUT2D eigenvalue weighted by atomic mass is 10.1. The summed E-state index contributed by atoms with van der Waals surface area (Å²) in [6.45, 7) is 1.29. The van der Waals surface area contributed by atoms with Gasteiger partial charge in [0, 0.05) is 18.8 Å². The molecule has 30 heavy (non-hydrogen) atoms. The average molecular weight is 425 g/mol. The minimum Gasteiger partial charge on any atom is -0.491 e. The molecule has 1 aliphatic heterocycles. The number of nitrogens with zero attached hydrogens (tertiary/aromatic N) is 1. The Bertz CT molecular complexity index is 1120. The quantitative estimate of drug-likeness (QED) is 0.608. The molecule has 0 spiro atoms. The molecule has 1 atom stereocenters. The van der Waals surface area contributed by atoms with Crippen molar-refractivity contribution >= 4 is 15.7 Å². The van der Waals surface area contributed by atoms with E-state index < -0.39 is 16.1 Å².